The second-order valence-electron chi connectivity index (χ2n) is 8.16. The summed E-state index contributed by atoms with van der Waals surface area (Å²) in [5.74, 6) is 2.43. The number of nitrogens with zero attached hydrogens (tertiary/aromatic N) is 3. The van der Waals surface area contributed by atoms with Gasteiger partial charge in [-0.05, 0) is 70.3 Å². The lowest BCUT2D eigenvalue weighted by Gasteiger charge is -2.31. The van der Waals surface area contributed by atoms with Gasteiger partial charge in [0.05, 0.1) is 17.2 Å². The third-order valence-electron chi connectivity index (χ3n) is 5.42. The molecule has 0 amide bonds. The van der Waals surface area contributed by atoms with Gasteiger partial charge in [-0.15, -0.1) is 11.3 Å². The van der Waals surface area contributed by atoms with E-state index in [0.29, 0.717) is 12.5 Å². The molecule has 0 saturated carbocycles. The Kier molecular flexibility index (Phi) is 8.51. The molecule has 1 aromatic heterocycles. The predicted molar refractivity (Wildman–Crippen MR) is 125 cm³/mol. The molecule has 30 heavy (non-hydrogen) atoms. The summed E-state index contributed by atoms with van der Waals surface area (Å²) in [6, 6.07) is 8.16. The van der Waals surface area contributed by atoms with Crippen molar-refractivity contribution in [2.24, 2.45) is 10.9 Å². The Morgan fingerprint density at radius 3 is 2.77 bits per heavy atom. The Bertz CT molecular complexity index is 813. The number of piperidine rings is 1. The average Bonchev–Trinajstić information content (AvgIpc) is 3.14. The summed E-state index contributed by atoms with van der Waals surface area (Å²) in [6.07, 6.45) is 2.47. The van der Waals surface area contributed by atoms with Crippen LogP contribution in [-0.4, -0.2) is 55.2 Å². The van der Waals surface area contributed by atoms with Gasteiger partial charge in [-0.2, -0.15) is 0 Å². The number of likely N-dealkylation sites (tertiary alicyclic amines) is 1. The van der Waals surface area contributed by atoms with Crippen LogP contribution in [0.3, 0.4) is 0 Å². The van der Waals surface area contributed by atoms with Crippen LogP contribution in [-0.2, 0) is 6.54 Å². The summed E-state index contributed by atoms with van der Waals surface area (Å²) in [5.41, 5.74) is 2.42. The van der Waals surface area contributed by atoms with E-state index in [0.717, 1.165) is 42.9 Å². The van der Waals surface area contributed by atoms with E-state index >= 15 is 0 Å². The standard InChI is InChI=1S/C23H35N5OS/c1-17-6-5-7-22(12-17)29-18(2)13-25-23(24-4)26-14-20-8-10-28(11-9-20)15-21-16-30-19(3)27-21/h5-7,12,16,18,20H,8-11,13-15H2,1-4H3,(H2,24,25,26). The van der Waals surface area contributed by atoms with E-state index in [1.165, 1.54) is 24.1 Å². The van der Waals surface area contributed by atoms with Crippen molar-refractivity contribution in [1.29, 1.82) is 0 Å². The van der Waals surface area contributed by atoms with Gasteiger partial charge in [-0.3, -0.25) is 9.89 Å². The summed E-state index contributed by atoms with van der Waals surface area (Å²) in [7, 11) is 1.82. The zero-order valence-corrected chi connectivity index (χ0v) is 19.5. The van der Waals surface area contributed by atoms with Crippen LogP contribution in [0.15, 0.2) is 34.6 Å². The first-order valence-electron chi connectivity index (χ1n) is 10.8. The van der Waals surface area contributed by atoms with Gasteiger partial charge in [-0.1, -0.05) is 12.1 Å². The fourth-order valence-electron chi connectivity index (χ4n) is 3.72. The van der Waals surface area contributed by atoms with Crippen molar-refractivity contribution in [2.75, 3.05) is 33.2 Å². The van der Waals surface area contributed by atoms with E-state index < -0.39 is 0 Å². The summed E-state index contributed by atoms with van der Waals surface area (Å²) in [6.45, 7) is 11.1. The van der Waals surface area contributed by atoms with Gasteiger partial charge < -0.3 is 15.4 Å². The quantitative estimate of drug-likeness (QED) is 0.496. The number of aromatic nitrogens is 1. The topological polar surface area (TPSA) is 61.8 Å². The smallest absolute Gasteiger partial charge is 0.191 e. The van der Waals surface area contributed by atoms with Gasteiger partial charge in [-0.25, -0.2) is 4.98 Å². The maximum Gasteiger partial charge on any atom is 0.191 e. The second kappa shape index (κ2) is 11.3. The van der Waals surface area contributed by atoms with Gasteiger partial charge >= 0.3 is 0 Å². The first-order valence-corrected chi connectivity index (χ1v) is 11.7. The molecule has 1 aromatic carbocycles. The van der Waals surface area contributed by atoms with Crippen LogP contribution in [0.5, 0.6) is 5.75 Å². The molecule has 1 atom stereocenters. The van der Waals surface area contributed by atoms with Crippen LogP contribution in [0.25, 0.3) is 0 Å². The first kappa shape index (κ1) is 22.6. The lowest BCUT2D eigenvalue weighted by molar-refractivity contribution is 0.176. The Hall–Kier alpha value is -2.12. The van der Waals surface area contributed by atoms with E-state index in [1.807, 2.05) is 19.2 Å². The monoisotopic (exact) mass is 429 g/mol. The van der Waals surface area contributed by atoms with Crippen molar-refractivity contribution >= 4 is 17.3 Å². The van der Waals surface area contributed by atoms with E-state index in [4.69, 9.17) is 4.74 Å². The van der Waals surface area contributed by atoms with Gasteiger partial charge in [0, 0.05) is 25.5 Å². The highest BCUT2D eigenvalue weighted by Gasteiger charge is 2.20. The number of hydrogen-bond acceptors (Lipinski definition) is 5. The molecule has 1 aliphatic heterocycles. The van der Waals surface area contributed by atoms with Gasteiger partial charge in [0.2, 0.25) is 0 Å². The maximum absolute atomic E-state index is 5.99. The summed E-state index contributed by atoms with van der Waals surface area (Å²) in [4.78, 5) is 11.5. The second-order valence-corrected chi connectivity index (χ2v) is 9.22. The SMILES string of the molecule is CN=C(NCC1CCN(Cc2csc(C)n2)CC1)NCC(C)Oc1cccc(C)c1. The molecule has 2 aromatic rings. The number of rotatable bonds is 8. The molecular formula is C23H35N5OS. The molecule has 3 rings (SSSR count). The molecule has 2 heterocycles. The lowest BCUT2D eigenvalue weighted by Crippen LogP contribution is -2.45. The molecule has 6 nitrogen and oxygen atoms in total. The third kappa shape index (κ3) is 7.29. The van der Waals surface area contributed by atoms with Crippen molar-refractivity contribution in [3.8, 4) is 5.75 Å². The number of aryl methyl sites for hydroxylation is 2. The van der Waals surface area contributed by atoms with Crippen LogP contribution in [0, 0.1) is 19.8 Å². The zero-order chi connectivity index (χ0) is 21.3. The number of aliphatic imine (C=N–C) groups is 1. The Labute approximate surface area is 184 Å². The average molecular weight is 430 g/mol. The van der Waals surface area contributed by atoms with Crippen LogP contribution in [0.1, 0.15) is 36.0 Å². The van der Waals surface area contributed by atoms with Crippen LogP contribution < -0.4 is 15.4 Å². The summed E-state index contributed by atoms with van der Waals surface area (Å²) in [5, 5.41) is 10.2. The van der Waals surface area contributed by atoms with E-state index in [1.54, 1.807) is 11.3 Å². The van der Waals surface area contributed by atoms with Gasteiger partial charge in [0.1, 0.15) is 11.9 Å². The molecular weight excluding hydrogens is 394 g/mol. The predicted octanol–water partition coefficient (Wildman–Crippen LogP) is 3.60. The Morgan fingerprint density at radius 2 is 2.10 bits per heavy atom. The number of thiazole rings is 1. The zero-order valence-electron chi connectivity index (χ0n) is 18.6. The normalized spacial score (nSPS) is 17.0. The Balaban J connectivity index is 1.33. The van der Waals surface area contributed by atoms with Crippen LogP contribution in [0.4, 0.5) is 0 Å². The fraction of sp³-hybridized carbons (Fsp3) is 0.565. The molecule has 164 valence electrons. The largest absolute Gasteiger partial charge is 0.489 e. The summed E-state index contributed by atoms with van der Waals surface area (Å²) >= 11 is 1.74. The van der Waals surface area contributed by atoms with E-state index in [-0.39, 0.29) is 6.10 Å². The van der Waals surface area contributed by atoms with Crippen molar-refractivity contribution in [1.82, 2.24) is 20.5 Å². The van der Waals surface area contributed by atoms with Crippen LogP contribution in [0.2, 0.25) is 0 Å². The minimum absolute atomic E-state index is 0.0583. The highest BCUT2D eigenvalue weighted by molar-refractivity contribution is 7.09. The van der Waals surface area contributed by atoms with Crippen molar-refractivity contribution in [3.63, 3.8) is 0 Å². The highest BCUT2D eigenvalue weighted by Crippen LogP contribution is 2.19. The lowest BCUT2D eigenvalue weighted by atomic mass is 9.97. The molecule has 1 saturated heterocycles. The molecule has 2 N–H and O–H groups in total. The van der Waals surface area contributed by atoms with Gasteiger partial charge in [0.15, 0.2) is 5.96 Å². The minimum atomic E-state index is 0.0583. The Morgan fingerprint density at radius 1 is 1.30 bits per heavy atom. The number of hydrogen-bond donors (Lipinski definition) is 2. The number of guanidine groups is 1. The number of benzene rings is 1. The fourth-order valence-corrected chi connectivity index (χ4v) is 4.33. The molecule has 1 aliphatic rings. The molecule has 7 heteroatoms. The number of ether oxygens (including phenoxy) is 1. The molecule has 0 radical (unpaired) electrons. The van der Waals surface area contributed by atoms with E-state index in [9.17, 15) is 0 Å². The molecule has 0 aliphatic carbocycles. The van der Waals surface area contributed by atoms with Crippen LogP contribution >= 0.6 is 11.3 Å². The first-order chi connectivity index (χ1) is 14.5. The maximum atomic E-state index is 5.99. The van der Waals surface area contributed by atoms with Crippen molar-refractivity contribution < 1.29 is 4.74 Å². The summed E-state index contributed by atoms with van der Waals surface area (Å²) < 4.78 is 5.99. The minimum Gasteiger partial charge on any atom is -0.489 e. The molecule has 0 bridgehead atoms. The van der Waals surface area contributed by atoms with Crippen molar-refractivity contribution in [3.05, 3.63) is 45.9 Å². The number of nitrogens with one attached hydrogen (secondary N) is 2. The molecule has 1 fully saturated rings. The molecule has 0 spiro atoms. The third-order valence-corrected chi connectivity index (χ3v) is 6.25. The molecule has 1 unspecified atom stereocenters. The van der Waals surface area contributed by atoms with Crippen molar-refractivity contribution in [2.45, 2.75) is 46.3 Å². The van der Waals surface area contributed by atoms with E-state index in [2.05, 4.69) is 63.8 Å². The highest BCUT2D eigenvalue weighted by atomic mass is 32.1. The van der Waals surface area contributed by atoms with Gasteiger partial charge in [0.25, 0.3) is 0 Å².